The first kappa shape index (κ1) is 21.1. The maximum absolute atomic E-state index is 13.7. The molecule has 2 bridgehead atoms. The van der Waals surface area contributed by atoms with E-state index in [4.69, 9.17) is 40.2 Å². The van der Waals surface area contributed by atoms with Gasteiger partial charge in [0.05, 0.1) is 6.04 Å². The van der Waals surface area contributed by atoms with Crippen LogP contribution in [-0.2, 0) is 4.79 Å². The number of carbonyl (C=O) groups excluding carboxylic acids is 1. The number of hydrogen-bond acceptors (Lipinski definition) is 3. The number of rotatable bonds is 3. The van der Waals surface area contributed by atoms with E-state index in [1.165, 1.54) is 0 Å². The largest absolute Gasteiger partial charge is 0.467 e. The minimum Gasteiger partial charge on any atom is -0.467 e. The molecule has 2 N–H and O–H groups in total. The first-order valence-corrected chi connectivity index (χ1v) is 11.2. The third kappa shape index (κ3) is 3.48. The smallest absolute Gasteiger partial charge is 0.236 e. The van der Waals surface area contributed by atoms with E-state index in [1.54, 1.807) is 30.3 Å². The van der Waals surface area contributed by atoms with Crippen LogP contribution in [0, 0.1) is 5.92 Å². The lowest BCUT2D eigenvalue weighted by Crippen LogP contribution is -2.72. The highest BCUT2D eigenvalue weighted by Crippen LogP contribution is 2.50. The molecule has 3 atom stereocenters. The molecule has 3 aromatic carbocycles. The van der Waals surface area contributed by atoms with Crippen molar-refractivity contribution in [3.05, 3.63) is 88.4 Å². The summed E-state index contributed by atoms with van der Waals surface area (Å²) in [4.78, 5) is 15.5. The van der Waals surface area contributed by atoms with Crippen molar-refractivity contribution < 1.29 is 9.53 Å². The summed E-state index contributed by atoms with van der Waals surface area (Å²) in [6.45, 7) is 1.89. The van der Waals surface area contributed by atoms with E-state index in [0.717, 1.165) is 11.3 Å². The van der Waals surface area contributed by atoms with Crippen LogP contribution in [0.1, 0.15) is 18.5 Å². The van der Waals surface area contributed by atoms with Crippen LogP contribution in [0.15, 0.2) is 72.8 Å². The Morgan fingerprint density at radius 3 is 2.47 bits per heavy atom. The molecule has 3 aromatic rings. The van der Waals surface area contributed by atoms with Crippen molar-refractivity contribution in [3.63, 3.8) is 0 Å². The second-order valence-corrected chi connectivity index (χ2v) is 9.17. The number of para-hydroxylation sites is 1. The van der Waals surface area contributed by atoms with Gasteiger partial charge in [0, 0.05) is 27.0 Å². The molecule has 0 aliphatic carbocycles. The number of carbonyl (C=O) groups is 1. The average Bonchev–Trinajstić information content (AvgIpc) is 2.76. The van der Waals surface area contributed by atoms with Crippen molar-refractivity contribution >= 4 is 57.8 Å². The summed E-state index contributed by atoms with van der Waals surface area (Å²) in [5.74, 6) is -0.189. The van der Waals surface area contributed by atoms with Crippen molar-refractivity contribution in [1.29, 1.82) is 0 Å². The van der Waals surface area contributed by atoms with Gasteiger partial charge in [0.25, 0.3) is 0 Å². The van der Waals surface area contributed by atoms with Crippen LogP contribution < -0.4 is 20.3 Å². The van der Waals surface area contributed by atoms with Crippen LogP contribution in [0.4, 0.5) is 11.4 Å². The van der Waals surface area contributed by atoms with E-state index < -0.39 is 17.7 Å². The van der Waals surface area contributed by atoms with Gasteiger partial charge in [-0.2, -0.15) is 0 Å². The van der Waals surface area contributed by atoms with Gasteiger partial charge in [0.1, 0.15) is 11.7 Å². The first-order chi connectivity index (χ1) is 15.4. The summed E-state index contributed by atoms with van der Waals surface area (Å²) in [6, 6.07) is 21.7. The van der Waals surface area contributed by atoms with E-state index >= 15 is 0 Å². The number of nitrogens with one attached hydrogen (secondary N) is 2. The second kappa shape index (κ2) is 7.96. The molecule has 0 unspecified atom stereocenters. The predicted molar refractivity (Wildman–Crippen MR) is 131 cm³/mol. The van der Waals surface area contributed by atoms with Gasteiger partial charge < -0.3 is 15.4 Å². The van der Waals surface area contributed by atoms with Crippen molar-refractivity contribution in [2.45, 2.75) is 18.7 Å². The lowest BCUT2D eigenvalue weighted by molar-refractivity contribution is -0.130. The molecular weight excluding hydrogens is 465 g/mol. The summed E-state index contributed by atoms with van der Waals surface area (Å²) < 4.78 is 6.53. The maximum atomic E-state index is 13.7. The third-order valence-electron chi connectivity index (χ3n) is 5.87. The normalized spacial score (nSPS) is 23.6. The quantitative estimate of drug-likeness (QED) is 0.461. The van der Waals surface area contributed by atoms with Crippen LogP contribution >= 0.6 is 35.4 Å². The minimum absolute atomic E-state index is 0.207. The summed E-state index contributed by atoms with van der Waals surface area (Å²) in [5.41, 5.74) is 1.19. The molecule has 0 aromatic heterocycles. The molecule has 5 nitrogen and oxygen atoms in total. The Labute approximate surface area is 201 Å². The van der Waals surface area contributed by atoms with E-state index in [9.17, 15) is 4.79 Å². The molecular formula is C24H19Cl2N3O2S. The molecule has 2 aliphatic rings. The Balaban J connectivity index is 1.62. The lowest BCUT2D eigenvalue weighted by Gasteiger charge is -2.56. The Bertz CT molecular complexity index is 1210. The molecule has 162 valence electrons. The average molecular weight is 484 g/mol. The Kier molecular flexibility index (Phi) is 5.24. The molecule has 1 fully saturated rings. The van der Waals surface area contributed by atoms with Crippen LogP contribution in [-0.4, -0.2) is 16.7 Å². The van der Waals surface area contributed by atoms with Gasteiger partial charge in [0.2, 0.25) is 5.91 Å². The van der Waals surface area contributed by atoms with E-state index in [0.29, 0.717) is 26.6 Å². The van der Waals surface area contributed by atoms with Crippen molar-refractivity contribution in [2.75, 3.05) is 10.2 Å². The molecule has 1 saturated heterocycles. The van der Waals surface area contributed by atoms with Crippen molar-refractivity contribution in [2.24, 2.45) is 5.92 Å². The third-order valence-corrected chi connectivity index (χ3v) is 6.66. The molecule has 2 heterocycles. The van der Waals surface area contributed by atoms with Gasteiger partial charge in [-0.3, -0.25) is 9.69 Å². The highest BCUT2D eigenvalue weighted by atomic mass is 35.5. The number of halogens is 2. The number of fused-ring (bicyclic) bond motifs is 4. The SMILES string of the molecule is C[C@@]12Oc3ccc(Cl)cc3[C@@H](NC(=S)N1c1ccccc1)[C@H]2C(=O)Nc1ccc(Cl)cc1. The number of benzene rings is 3. The summed E-state index contributed by atoms with van der Waals surface area (Å²) >= 11 is 18.0. The van der Waals surface area contributed by atoms with Crippen molar-refractivity contribution in [1.82, 2.24) is 5.32 Å². The van der Waals surface area contributed by atoms with Crippen LogP contribution in [0.2, 0.25) is 10.0 Å². The molecule has 32 heavy (non-hydrogen) atoms. The number of hydrogen-bond donors (Lipinski definition) is 2. The van der Waals surface area contributed by atoms with Gasteiger partial charge in [-0.15, -0.1) is 0 Å². The summed E-state index contributed by atoms with van der Waals surface area (Å²) in [7, 11) is 0. The van der Waals surface area contributed by atoms with Crippen LogP contribution in [0.25, 0.3) is 0 Å². The van der Waals surface area contributed by atoms with Gasteiger partial charge in [-0.05, 0) is 73.7 Å². The monoisotopic (exact) mass is 483 g/mol. The van der Waals surface area contributed by atoms with Gasteiger partial charge in [-0.25, -0.2) is 0 Å². The zero-order chi connectivity index (χ0) is 22.5. The summed E-state index contributed by atoms with van der Waals surface area (Å²) in [6.07, 6.45) is 0. The second-order valence-electron chi connectivity index (χ2n) is 7.91. The maximum Gasteiger partial charge on any atom is 0.236 e. The van der Waals surface area contributed by atoms with E-state index in [-0.39, 0.29) is 5.91 Å². The first-order valence-electron chi connectivity index (χ1n) is 10.1. The fourth-order valence-corrected chi connectivity index (χ4v) is 5.19. The molecule has 1 amide bonds. The predicted octanol–water partition coefficient (Wildman–Crippen LogP) is 5.79. The molecule has 5 rings (SSSR count). The van der Waals surface area contributed by atoms with Crippen molar-refractivity contribution in [3.8, 4) is 5.75 Å². The van der Waals surface area contributed by atoms with Crippen LogP contribution in [0.5, 0.6) is 5.75 Å². The number of amides is 1. The lowest BCUT2D eigenvalue weighted by atomic mass is 9.78. The number of nitrogens with zero attached hydrogens (tertiary/aromatic N) is 1. The van der Waals surface area contributed by atoms with Gasteiger partial charge in [-0.1, -0.05) is 41.4 Å². The zero-order valence-electron chi connectivity index (χ0n) is 17.0. The zero-order valence-corrected chi connectivity index (χ0v) is 19.3. The molecule has 8 heteroatoms. The van der Waals surface area contributed by atoms with Gasteiger partial charge in [0.15, 0.2) is 10.8 Å². The number of anilines is 2. The highest BCUT2D eigenvalue weighted by molar-refractivity contribution is 7.80. The van der Waals surface area contributed by atoms with E-state index in [2.05, 4.69) is 10.6 Å². The Hall–Kier alpha value is -2.80. The molecule has 2 aliphatic heterocycles. The van der Waals surface area contributed by atoms with Gasteiger partial charge >= 0.3 is 0 Å². The van der Waals surface area contributed by atoms with Crippen LogP contribution in [0.3, 0.4) is 0 Å². The minimum atomic E-state index is -1.08. The van der Waals surface area contributed by atoms with E-state index in [1.807, 2.05) is 54.3 Å². The number of thiocarbonyl (C=S) groups is 1. The Morgan fingerprint density at radius 2 is 1.75 bits per heavy atom. The standard InChI is InChI=1S/C24H19Cl2N3O2S/c1-24-20(22(30)27-16-10-7-14(25)8-11-16)21(18-13-15(26)9-12-19(18)31-24)28-23(32)29(24)17-5-3-2-4-6-17/h2-13,20-21H,1H3,(H,27,30)(H,28,32)/t20-,21+,24-/m0/s1. The molecule has 0 spiro atoms. The number of ether oxygens (including phenoxy) is 1. The topological polar surface area (TPSA) is 53.6 Å². The fourth-order valence-electron chi connectivity index (χ4n) is 4.47. The molecule has 0 saturated carbocycles. The fraction of sp³-hybridized carbons (Fsp3) is 0.167. The highest BCUT2D eigenvalue weighted by Gasteiger charge is 2.59. The molecule has 0 radical (unpaired) electrons. The summed E-state index contributed by atoms with van der Waals surface area (Å²) in [5, 5.41) is 8.01. The Morgan fingerprint density at radius 1 is 1.06 bits per heavy atom.